The minimum Gasteiger partial charge on any atom is -0.383 e. The molecule has 0 fully saturated rings. The van der Waals surface area contributed by atoms with E-state index in [0.29, 0.717) is 19.7 Å². The van der Waals surface area contributed by atoms with Crippen LogP contribution in [0.25, 0.3) is 10.9 Å². The van der Waals surface area contributed by atoms with E-state index in [-0.39, 0.29) is 5.91 Å². The molecule has 1 amide bonds. The van der Waals surface area contributed by atoms with Crippen LogP contribution < -0.4 is 5.32 Å². The number of rotatable bonds is 5. The molecule has 1 N–H and O–H groups in total. The Morgan fingerprint density at radius 3 is 3.05 bits per heavy atom. The van der Waals surface area contributed by atoms with Crippen LogP contribution in [0.5, 0.6) is 0 Å². The standard InChI is InChI=1S/C16H20N2O2/c1-20-10-9-17-16(19)11-18-14-7-3-2-5-12(14)13-6-4-8-15(13)18/h2-3,5,7H,4,6,8-11H2,1H3,(H,17,19). The van der Waals surface area contributed by atoms with Gasteiger partial charge in [0.25, 0.3) is 0 Å². The second-order valence-electron chi connectivity index (χ2n) is 5.22. The molecule has 0 spiro atoms. The van der Waals surface area contributed by atoms with Crippen molar-refractivity contribution >= 4 is 16.8 Å². The van der Waals surface area contributed by atoms with E-state index in [9.17, 15) is 4.79 Å². The molecular weight excluding hydrogens is 252 g/mol. The van der Waals surface area contributed by atoms with E-state index in [1.807, 2.05) is 6.07 Å². The quantitative estimate of drug-likeness (QED) is 0.845. The van der Waals surface area contributed by atoms with E-state index in [2.05, 4.69) is 28.1 Å². The number of amides is 1. The van der Waals surface area contributed by atoms with Crippen molar-refractivity contribution in [2.45, 2.75) is 25.8 Å². The fourth-order valence-corrected chi connectivity index (χ4v) is 3.10. The first-order valence-electron chi connectivity index (χ1n) is 7.16. The fraction of sp³-hybridized carbons (Fsp3) is 0.438. The lowest BCUT2D eigenvalue weighted by Crippen LogP contribution is -2.30. The molecule has 0 saturated carbocycles. The van der Waals surface area contributed by atoms with Crippen LogP contribution in [-0.2, 0) is 28.9 Å². The third kappa shape index (κ3) is 2.31. The SMILES string of the molecule is COCCNC(=O)Cn1c2c(c3ccccc31)CCC2. The Morgan fingerprint density at radius 1 is 1.35 bits per heavy atom. The van der Waals surface area contributed by atoms with E-state index in [1.165, 1.54) is 28.6 Å². The molecule has 0 saturated heterocycles. The minimum absolute atomic E-state index is 0.0532. The third-order valence-corrected chi connectivity index (χ3v) is 3.96. The summed E-state index contributed by atoms with van der Waals surface area (Å²) in [6.45, 7) is 1.52. The Labute approximate surface area is 118 Å². The van der Waals surface area contributed by atoms with Gasteiger partial charge in [0.05, 0.1) is 6.61 Å². The van der Waals surface area contributed by atoms with Crippen molar-refractivity contribution in [3.05, 3.63) is 35.5 Å². The number of fused-ring (bicyclic) bond motifs is 3. The van der Waals surface area contributed by atoms with Crippen LogP contribution in [0.1, 0.15) is 17.7 Å². The zero-order chi connectivity index (χ0) is 13.9. The van der Waals surface area contributed by atoms with Crippen molar-refractivity contribution in [1.82, 2.24) is 9.88 Å². The molecule has 2 aromatic rings. The topological polar surface area (TPSA) is 43.3 Å². The molecule has 0 radical (unpaired) electrons. The van der Waals surface area contributed by atoms with Crippen LogP contribution in [0.15, 0.2) is 24.3 Å². The van der Waals surface area contributed by atoms with Crippen molar-refractivity contribution in [2.24, 2.45) is 0 Å². The maximum atomic E-state index is 12.0. The molecule has 0 atom stereocenters. The molecule has 1 aliphatic carbocycles. The van der Waals surface area contributed by atoms with Gasteiger partial charge in [0.15, 0.2) is 0 Å². The number of nitrogens with one attached hydrogen (secondary N) is 1. The van der Waals surface area contributed by atoms with Gasteiger partial charge in [-0.1, -0.05) is 18.2 Å². The van der Waals surface area contributed by atoms with Gasteiger partial charge >= 0.3 is 0 Å². The average Bonchev–Trinajstić information content (AvgIpc) is 3.03. The maximum absolute atomic E-state index is 12.0. The first kappa shape index (κ1) is 13.2. The first-order valence-corrected chi connectivity index (χ1v) is 7.16. The highest BCUT2D eigenvalue weighted by atomic mass is 16.5. The summed E-state index contributed by atoms with van der Waals surface area (Å²) in [7, 11) is 1.64. The number of nitrogens with zero attached hydrogens (tertiary/aromatic N) is 1. The summed E-state index contributed by atoms with van der Waals surface area (Å²) in [5.41, 5.74) is 3.96. The van der Waals surface area contributed by atoms with Crippen LogP contribution in [0.2, 0.25) is 0 Å². The number of aryl methyl sites for hydroxylation is 1. The lowest BCUT2D eigenvalue weighted by Gasteiger charge is -2.10. The molecular formula is C16H20N2O2. The number of aromatic nitrogens is 1. The smallest absolute Gasteiger partial charge is 0.240 e. The van der Waals surface area contributed by atoms with Crippen LogP contribution in [0, 0.1) is 0 Å². The Bertz CT molecular complexity index is 631. The normalized spacial score (nSPS) is 13.7. The van der Waals surface area contributed by atoms with E-state index in [4.69, 9.17) is 4.74 Å². The van der Waals surface area contributed by atoms with Crippen molar-refractivity contribution in [1.29, 1.82) is 0 Å². The van der Waals surface area contributed by atoms with Gasteiger partial charge in [-0.2, -0.15) is 0 Å². The number of hydrogen-bond donors (Lipinski definition) is 1. The largest absolute Gasteiger partial charge is 0.383 e. The van der Waals surface area contributed by atoms with Gasteiger partial charge in [0.1, 0.15) is 6.54 Å². The van der Waals surface area contributed by atoms with Crippen molar-refractivity contribution in [3.8, 4) is 0 Å². The second kappa shape index (κ2) is 5.67. The van der Waals surface area contributed by atoms with Crippen LogP contribution in [-0.4, -0.2) is 30.7 Å². The Balaban J connectivity index is 1.86. The lowest BCUT2D eigenvalue weighted by molar-refractivity contribution is -0.121. The zero-order valence-electron chi connectivity index (χ0n) is 11.8. The number of para-hydroxylation sites is 1. The first-order chi connectivity index (χ1) is 9.81. The maximum Gasteiger partial charge on any atom is 0.240 e. The molecule has 4 nitrogen and oxygen atoms in total. The third-order valence-electron chi connectivity index (χ3n) is 3.96. The summed E-state index contributed by atoms with van der Waals surface area (Å²) in [6.07, 6.45) is 3.41. The number of ether oxygens (including phenoxy) is 1. The summed E-state index contributed by atoms with van der Waals surface area (Å²) in [6, 6.07) is 8.38. The van der Waals surface area contributed by atoms with E-state index >= 15 is 0 Å². The van der Waals surface area contributed by atoms with Gasteiger partial charge in [0, 0.05) is 30.3 Å². The molecule has 1 aromatic carbocycles. The lowest BCUT2D eigenvalue weighted by atomic mass is 10.1. The highest BCUT2D eigenvalue weighted by molar-refractivity contribution is 5.88. The highest BCUT2D eigenvalue weighted by Crippen LogP contribution is 2.32. The summed E-state index contributed by atoms with van der Waals surface area (Å²) in [5.74, 6) is 0.0532. The molecule has 4 heteroatoms. The monoisotopic (exact) mass is 272 g/mol. The predicted molar refractivity (Wildman–Crippen MR) is 78.8 cm³/mol. The van der Waals surface area contributed by atoms with Crippen LogP contribution in [0.3, 0.4) is 0 Å². The number of carbonyl (C=O) groups excluding carboxylic acids is 1. The zero-order valence-corrected chi connectivity index (χ0v) is 11.8. The van der Waals surface area contributed by atoms with E-state index < -0.39 is 0 Å². The van der Waals surface area contributed by atoms with E-state index in [0.717, 1.165) is 12.8 Å². The Morgan fingerprint density at radius 2 is 2.20 bits per heavy atom. The van der Waals surface area contributed by atoms with Gasteiger partial charge in [-0.15, -0.1) is 0 Å². The number of hydrogen-bond acceptors (Lipinski definition) is 2. The molecule has 1 aromatic heterocycles. The minimum atomic E-state index is 0.0532. The summed E-state index contributed by atoms with van der Waals surface area (Å²) < 4.78 is 7.13. The fourth-order valence-electron chi connectivity index (χ4n) is 3.10. The molecule has 0 unspecified atom stereocenters. The molecule has 0 bridgehead atoms. The van der Waals surface area contributed by atoms with Gasteiger partial charge in [-0.3, -0.25) is 4.79 Å². The molecule has 20 heavy (non-hydrogen) atoms. The number of carbonyl (C=O) groups is 1. The molecule has 1 heterocycles. The van der Waals surface area contributed by atoms with Crippen LogP contribution >= 0.6 is 0 Å². The Hall–Kier alpha value is -1.81. The van der Waals surface area contributed by atoms with Crippen molar-refractivity contribution in [2.75, 3.05) is 20.3 Å². The Kier molecular flexibility index (Phi) is 3.74. The highest BCUT2D eigenvalue weighted by Gasteiger charge is 2.21. The van der Waals surface area contributed by atoms with E-state index in [1.54, 1.807) is 7.11 Å². The van der Waals surface area contributed by atoms with Crippen molar-refractivity contribution < 1.29 is 9.53 Å². The van der Waals surface area contributed by atoms with Gasteiger partial charge in [-0.05, 0) is 30.9 Å². The molecule has 3 rings (SSSR count). The summed E-state index contributed by atoms with van der Waals surface area (Å²) in [4.78, 5) is 12.0. The summed E-state index contributed by atoms with van der Waals surface area (Å²) >= 11 is 0. The molecule has 1 aliphatic rings. The summed E-state index contributed by atoms with van der Waals surface area (Å²) in [5, 5.41) is 4.20. The molecule has 0 aliphatic heterocycles. The number of benzene rings is 1. The second-order valence-corrected chi connectivity index (χ2v) is 5.22. The van der Waals surface area contributed by atoms with Crippen LogP contribution in [0.4, 0.5) is 0 Å². The number of methoxy groups -OCH3 is 1. The van der Waals surface area contributed by atoms with Crippen molar-refractivity contribution in [3.63, 3.8) is 0 Å². The van der Waals surface area contributed by atoms with Gasteiger partial charge in [-0.25, -0.2) is 0 Å². The average molecular weight is 272 g/mol. The van der Waals surface area contributed by atoms with Gasteiger partial charge < -0.3 is 14.6 Å². The van der Waals surface area contributed by atoms with Gasteiger partial charge in [0.2, 0.25) is 5.91 Å². The molecule has 106 valence electrons. The predicted octanol–water partition coefficient (Wildman–Crippen LogP) is 1.89.